The molecule has 2 aromatic carbocycles. The lowest BCUT2D eigenvalue weighted by molar-refractivity contribution is -0.133. The Bertz CT molecular complexity index is 1130. The van der Waals surface area contributed by atoms with Gasteiger partial charge in [-0.05, 0) is 44.0 Å². The van der Waals surface area contributed by atoms with E-state index in [-0.39, 0.29) is 29.9 Å². The molecule has 0 bridgehead atoms. The molecule has 1 saturated carbocycles. The van der Waals surface area contributed by atoms with Crippen LogP contribution in [0.25, 0.3) is 0 Å². The first kappa shape index (κ1) is 23.3. The second-order valence-corrected chi connectivity index (χ2v) is 10.7. The average molecular weight is 472 g/mol. The van der Waals surface area contributed by atoms with E-state index in [4.69, 9.17) is 4.74 Å². The highest BCUT2D eigenvalue weighted by atomic mass is 32.2. The van der Waals surface area contributed by atoms with Crippen LogP contribution in [0, 0.1) is 0 Å². The number of sulfonamides is 1. The van der Waals surface area contributed by atoms with Crippen molar-refractivity contribution in [1.29, 1.82) is 0 Å². The first-order chi connectivity index (χ1) is 15.8. The zero-order valence-corrected chi connectivity index (χ0v) is 19.7. The number of para-hydroxylation sites is 2. The number of carbonyl (C=O) groups excluding carboxylic acids is 2. The second-order valence-electron chi connectivity index (χ2n) is 8.72. The number of piperazine rings is 1. The maximum Gasteiger partial charge on any atom is 0.247 e. The summed E-state index contributed by atoms with van der Waals surface area (Å²) in [5.74, 6) is -0.430. The van der Waals surface area contributed by atoms with Crippen LogP contribution in [0.15, 0.2) is 59.5 Å². The van der Waals surface area contributed by atoms with Crippen molar-refractivity contribution in [3.05, 3.63) is 54.6 Å². The molecule has 2 fully saturated rings. The lowest BCUT2D eigenvalue weighted by Gasteiger charge is -2.47. The van der Waals surface area contributed by atoms with E-state index >= 15 is 0 Å². The van der Waals surface area contributed by atoms with Crippen molar-refractivity contribution in [2.24, 2.45) is 0 Å². The Labute approximate surface area is 194 Å². The van der Waals surface area contributed by atoms with Crippen molar-refractivity contribution in [2.75, 3.05) is 25.1 Å². The summed E-state index contributed by atoms with van der Waals surface area (Å²) in [7, 11) is -2.48. The number of rotatable bonds is 6. The SMILES string of the molecule is COc1ccccc1N1C(=O)CN(S(=O)(=O)c2ccccc2)CC1(C)C(=O)NC1CCCC1. The summed E-state index contributed by atoms with van der Waals surface area (Å²) in [4.78, 5) is 28.6. The van der Waals surface area contributed by atoms with Crippen molar-refractivity contribution < 1.29 is 22.7 Å². The van der Waals surface area contributed by atoms with Gasteiger partial charge in [-0.15, -0.1) is 0 Å². The van der Waals surface area contributed by atoms with Gasteiger partial charge in [0.15, 0.2) is 0 Å². The highest BCUT2D eigenvalue weighted by molar-refractivity contribution is 7.89. The van der Waals surface area contributed by atoms with E-state index in [0.717, 1.165) is 30.0 Å². The zero-order chi connectivity index (χ0) is 23.6. The van der Waals surface area contributed by atoms with Crippen LogP contribution in [0.5, 0.6) is 5.75 Å². The quantitative estimate of drug-likeness (QED) is 0.699. The topological polar surface area (TPSA) is 96.0 Å². The summed E-state index contributed by atoms with van der Waals surface area (Å²) in [5.41, 5.74) is -1.03. The molecule has 4 rings (SSSR count). The minimum Gasteiger partial charge on any atom is -0.495 e. The fraction of sp³-hybridized carbons (Fsp3) is 0.417. The molecule has 2 amide bonds. The molecular formula is C24H29N3O5S. The van der Waals surface area contributed by atoms with Crippen molar-refractivity contribution in [2.45, 2.75) is 49.1 Å². The van der Waals surface area contributed by atoms with Crippen LogP contribution in [-0.4, -0.2) is 56.3 Å². The van der Waals surface area contributed by atoms with Gasteiger partial charge < -0.3 is 10.1 Å². The summed E-state index contributed by atoms with van der Waals surface area (Å²) in [6.45, 7) is 1.07. The largest absolute Gasteiger partial charge is 0.495 e. The number of ether oxygens (including phenoxy) is 1. The Kier molecular flexibility index (Phi) is 6.45. The maximum absolute atomic E-state index is 13.6. The van der Waals surface area contributed by atoms with Crippen molar-refractivity contribution >= 4 is 27.5 Å². The van der Waals surface area contributed by atoms with E-state index in [0.29, 0.717) is 11.4 Å². The molecule has 0 spiro atoms. The van der Waals surface area contributed by atoms with Crippen LogP contribution in [0.2, 0.25) is 0 Å². The highest BCUT2D eigenvalue weighted by Gasteiger charge is 2.52. The average Bonchev–Trinajstić information content (AvgIpc) is 3.32. The van der Waals surface area contributed by atoms with E-state index in [9.17, 15) is 18.0 Å². The first-order valence-corrected chi connectivity index (χ1v) is 12.5. The Morgan fingerprint density at radius 2 is 1.70 bits per heavy atom. The predicted octanol–water partition coefficient (Wildman–Crippen LogP) is 2.55. The minimum atomic E-state index is -3.97. The normalized spacial score (nSPS) is 22.4. The Balaban J connectivity index is 1.76. The molecule has 1 aliphatic carbocycles. The molecule has 9 heteroatoms. The molecule has 1 N–H and O–H groups in total. The summed E-state index contributed by atoms with van der Waals surface area (Å²) >= 11 is 0. The van der Waals surface area contributed by atoms with Gasteiger partial charge >= 0.3 is 0 Å². The zero-order valence-electron chi connectivity index (χ0n) is 18.9. The highest BCUT2D eigenvalue weighted by Crippen LogP contribution is 2.37. The van der Waals surface area contributed by atoms with Crippen LogP contribution in [0.3, 0.4) is 0 Å². The van der Waals surface area contributed by atoms with E-state index in [2.05, 4.69) is 5.32 Å². The summed E-state index contributed by atoms with van der Waals surface area (Å²) < 4.78 is 33.3. The van der Waals surface area contributed by atoms with Gasteiger partial charge in [0.2, 0.25) is 21.8 Å². The third kappa shape index (κ3) is 4.35. The van der Waals surface area contributed by atoms with Crippen LogP contribution >= 0.6 is 0 Å². The Morgan fingerprint density at radius 1 is 1.06 bits per heavy atom. The molecule has 1 saturated heterocycles. The lowest BCUT2D eigenvalue weighted by atomic mass is 9.93. The van der Waals surface area contributed by atoms with Gasteiger partial charge in [0, 0.05) is 12.6 Å². The molecule has 33 heavy (non-hydrogen) atoms. The Morgan fingerprint density at radius 3 is 2.36 bits per heavy atom. The van der Waals surface area contributed by atoms with E-state index in [1.807, 2.05) is 0 Å². The number of anilines is 1. The van der Waals surface area contributed by atoms with Crippen LogP contribution in [0.4, 0.5) is 5.69 Å². The third-order valence-corrected chi connectivity index (χ3v) is 8.23. The lowest BCUT2D eigenvalue weighted by Crippen LogP contribution is -2.70. The monoisotopic (exact) mass is 471 g/mol. The van der Waals surface area contributed by atoms with Gasteiger partial charge in [-0.3, -0.25) is 14.5 Å². The van der Waals surface area contributed by atoms with Crippen LogP contribution in [-0.2, 0) is 19.6 Å². The second kappa shape index (κ2) is 9.15. The van der Waals surface area contributed by atoms with Crippen molar-refractivity contribution in [1.82, 2.24) is 9.62 Å². The number of hydrogen-bond acceptors (Lipinski definition) is 5. The predicted molar refractivity (Wildman–Crippen MR) is 124 cm³/mol. The van der Waals surface area contributed by atoms with Crippen molar-refractivity contribution in [3.8, 4) is 5.75 Å². The molecule has 1 atom stereocenters. The van der Waals surface area contributed by atoms with Gasteiger partial charge in [0.1, 0.15) is 11.3 Å². The fourth-order valence-corrected chi connectivity index (χ4v) is 6.18. The molecular weight excluding hydrogens is 442 g/mol. The van der Waals surface area contributed by atoms with Gasteiger partial charge in [-0.25, -0.2) is 8.42 Å². The van der Waals surface area contributed by atoms with Crippen LogP contribution < -0.4 is 15.0 Å². The number of hydrogen-bond donors (Lipinski definition) is 1. The van der Waals surface area contributed by atoms with Crippen molar-refractivity contribution in [3.63, 3.8) is 0 Å². The molecule has 0 radical (unpaired) electrons. The molecule has 8 nitrogen and oxygen atoms in total. The molecule has 2 aliphatic rings. The van der Waals surface area contributed by atoms with Gasteiger partial charge in [0.25, 0.3) is 0 Å². The summed E-state index contributed by atoms with van der Waals surface area (Å²) in [6.07, 6.45) is 3.81. The number of nitrogens with zero attached hydrogens (tertiary/aromatic N) is 2. The van der Waals surface area contributed by atoms with Gasteiger partial charge in [-0.1, -0.05) is 43.2 Å². The smallest absolute Gasteiger partial charge is 0.247 e. The van der Waals surface area contributed by atoms with E-state index < -0.39 is 21.5 Å². The molecule has 1 heterocycles. The Hall–Kier alpha value is -2.91. The number of amides is 2. The van der Waals surface area contributed by atoms with E-state index in [1.54, 1.807) is 49.4 Å². The standard InChI is InChI=1S/C24H29N3O5S/c1-24(23(29)25-18-10-6-7-11-18)17-26(33(30,31)19-12-4-3-5-13-19)16-22(28)27(24)20-14-8-9-15-21(20)32-2/h3-5,8-9,12-15,18H,6-7,10-11,16-17H2,1-2H3,(H,25,29). The summed E-state index contributed by atoms with van der Waals surface area (Å²) in [5, 5.41) is 3.06. The third-order valence-electron chi connectivity index (χ3n) is 6.43. The van der Waals surface area contributed by atoms with Crippen LogP contribution in [0.1, 0.15) is 32.6 Å². The van der Waals surface area contributed by atoms with E-state index in [1.165, 1.54) is 24.1 Å². The van der Waals surface area contributed by atoms with Gasteiger partial charge in [0.05, 0.1) is 24.2 Å². The summed E-state index contributed by atoms with van der Waals surface area (Å²) in [6, 6.07) is 14.9. The fourth-order valence-electron chi connectivity index (χ4n) is 4.68. The molecule has 0 aromatic heterocycles. The molecule has 176 valence electrons. The molecule has 2 aromatic rings. The first-order valence-electron chi connectivity index (χ1n) is 11.1. The number of carbonyl (C=O) groups is 2. The number of methoxy groups -OCH3 is 1. The maximum atomic E-state index is 13.6. The molecule has 1 aliphatic heterocycles. The molecule has 1 unspecified atom stereocenters. The van der Waals surface area contributed by atoms with Gasteiger partial charge in [-0.2, -0.15) is 4.31 Å². The number of benzene rings is 2. The minimum absolute atomic E-state index is 0.0186. The number of nitrogens with one attached hydrogen (secondary N) is 1.